The first kappa shape index (κ1) is 15.2. The summed E-state index contributed by atoms with van der Waals surface area (Å²) in [5, 5.41) is 2.63. The standard InChI is InChI=1S/C13H19FN2O3/c1-18-11-7-9(10(14)8-12(11)19-2)13(17)16-6-4-3-5-15/h7-8H,3-6,15H2,1-2H3,(H,16,17). The molecule has 1 aromatic carbocycles. The second-order valence-corrected chi connectivity index (χ2v) is 3.94. The van der Waals surface area contributed by atoms with Gasteiger partial charge in [-0.05, 0) is 25.5 Å². The molecule has 0 saturated carbocycles. The van der Waals surface area contributed by atoms with E-state index in [0.29, 0.717) is 18.8 Å². The quantitative estimate of drug-likeness (QED) is 0.733. The number of amides is 1. The number of hydrogen-bond donors (Lipinski definition) is 2. The Morgan fingerprint density at radius 1 is 1.26 bits per heavy atom. The van der Waals surface area contributed by atoms with Gasteiger partial charge in [-0.1, -0.05) is 0 Å². The lowest BCUT2D eigenvalue weighted by Crippen LogP contribution is -2.25. The van der Waals surface area contributed by atoms with Gasteiger partial charge in [0.1, 0.15) is 5.82 Å². The van der Waals surface area contributed by atoms with Crippen LogP contribution in [0.3, 0.4) is 0 Å². The van der Waals surface area contributed by atoms with Crippen LogP contribution in [0.2, 0.25) is 0 Å². The molecule has 0 spiro atoms. The molecule has 0 heterocycles. The SMILES string of the molecule is COc1cc(F)c(C(=O)NCCCCN)cc1OC. The first-order valence-electron chi connectivity index (χ1n) is 6.03. The molecule has 6 heteroatoms. The van der Waals surface area contributed by atoms with E-state index >= 15 is 0 Å². The number of nitrogens with two attached hydrogens (primary N) is 1. The maximum Gasteiger partial charge on any atom is 0.254 e. The average molecular weight is 270 g/mol. The number of benzene rings is 1. The predicted molar refractivity (Wildman–Crippen MR) is 70.1 cm³/mol. The molecule has 1 amide bonds. The smallest absolute Gasteiger partial charge is 0.254 e. The highest BCUT2D eigenvalue weighted by Crippen LogP contribution is 2.29. The zero-order valence-electron chi connectivity index (χ0n) is 11.2. The maximum atomic E-state index is 13.8. The minimum atomic E-state index is -0.644. The van der Waals surface area contributed by atoms with E-state index < -0.39 is 11.7 Å². The van der Waals surface area contributed by atoms with Crippen LogP contribution in [0, 0.1) is 5.82 Å². The van der Waals surface area contributed by atoms with Gasteiger partial charge in [0, 0.05) is 12.6 Å². The van der Waals surface area contributed by atoms with Gasteiger partial charge in [-0.2, -0.15) is 0 Å². The van der Waals surface area contributed by atoms with Crippen LogP contribution in [0.25, 0.3) is 0 Å². The van der Waals surface area contributed by atoms with Crippen molar-refractivity contribution in [1.29, 1.82) is 0 Å². The van der Waals surface area contributed by atoms with E-state index in [-0.39, 0.29) is 11.3 Å². The first-order chi connectivity index (χ1) is 9.13. The normalized spacial score (nSPS) is 10.1. The molecule has 0 bridgehead atoms. The third-order valence-electron chi connectivity index (χ3n) is 2.63. The molecule has 0 fully saturated rings. The fourth-order valence-corrected chi connectivity index (χ4v) is 1.59. The number of rotatable bonds is 7. The molecule has 0 atom stereocenters. The summed E-state index contributed by atoms with van der Waals surface area (Å²) in [6, 6.07) is 2.46. The Balaban J connectivity index is 2.79. The summed E-state index contributed by atoms with van der Waals surface area (Å²) in [7, 11) is 2.84. The fraction of sp³-hybridized carbons (Fsp3) is 0.462. The summed E-state index contributed by atoms with van der Waals surface area (Å²) in [5.74, 6) is -0.555. The molecule has 1 aromatic rings. The average Bonchev–Trinajstić information content (AvgIpc) is 2.42. The molecule has 0 saturated heterocycles. The van der Waals surface area contributed by atoms with Crippen molar-refractivity contribution >= 4 is 5.91 Å². The fourth-order valence-electron chi connectivity index (χ4n) is 1.59. The zero-order chi connectivity index (χ0) is 14.3. The number of halogens is 1. The summed E-state index contributed by atoms with van der Waals surface area (Å²) < 4.78 is 23.8. The Kier molecular flexibility index (Phi) is 6.08. The van der Waals surface area contributed by atoms with Gasteiger partial charge in [0.25, 0.3) is 5.91 Å². The molecule has 0 aliphatic heterocycles. The zero-order valence-corrected chi connectivity index (χ0v) is 11.2. The molecule has 106 valence electrons. The third-order valence-corrected chi connectivity index (χ3v) is 2.63. The van der Waals surface area contributed by atoms with Crippen molar-refractivity contribution in [1.82, 2.24) is 5.32 Å². The number of ether oxygens (including phenoxy) is 2. The highest BCUT2D eigenvalue weighted by molar-refractivity contribution is 5.95. The molecule has 1 rings (SSSR count). The lowest BCUT2D eigenvalue weighted by Gasteiger charge is -2.11. The van der Waals surface area contributed by atoms with E-state index in [1.165, 1.54) is 20.3 Å². The molecule has 0 unspecified atom stereocenters. The van der Waals surface area contributed by atoms with Gasteiger partial charge in [-0.25, -0.2) is 4.39 Å². The van der Waals surface area contributed by atoms with Gasteiger partial charge in [0.05, 0.1) is 19.8 Å². The Morgan fingerprint density at radius 2 is 1.89 bits per heavy atom. The summed E-state index contributed by atoms with van der Waals surface area (Å²) >= 11 is 0. The van der Waals surface area contributed by atoms with Crippen LogP contribution in [0.5, 0.6) is 11.5 Å². The van der Waals surface area contributed by atoms with E-state index in [0.717, 1.165) is 18.9 Å². The van der Waals surface area contributed by atoms with Crippen molar-refractivity contribution in [3.8, 4) is 11.5 Å². The van der Waals surface area contributed by atoms with Crippen molar-refractivity contribution < 1.29 is 18.7 Å². The summed E-state index contributed by atoms with van der Waals surface area (Å²) in [6.07, 6.45) is 1.58. The number of hydrogen-bond acceptors (Lipinski definition) is 4. The number of carbonyl (C=O) groups excluding carboxylic acids is 1. The lowest BCUT2D eigenvalue weighted by atomic mass is 10.1. The highest BCUT2D eigenvalue weighted by atomic mass is 19.1. The van der Waals surface area contributed by atoms with Gasteiger partial charge in [0.2, 0.25) is 0 Å². The Morgan fingerprint density at radius 3 is 2.47 bits per heavy atom. The molecule has 0 aliphatic carbocycles. The molecule has 0 aliphatic rings. The van der Waals surface area contributed by atoms with Crippen molar-refractivity contribution in [2.45, 2.75) is 12.8 Å². The van der Waals surface area contributed by atoms with Gasteiger partial charge < -0.3 is 20.5 Å². The molecule has 19 heavy (non-hydrogen) atoms. The van der Waals surface area contributed by atoms with E-state index in [9.17, 15) is 9.18 Å². The van der Waals surface area contributed by atoms with Crippen LogP contribution in [-0.2, 0) is 0 Å². The van der Waals surface area contributed by atoms with Crippen LogP contribution in [0.4, 0.5) is 4.39 Å². The molecular formula is C13H19FN2O3. The Hall–Kier alpha value is -1.82. The molecule has 5 nitrogen and oxygen atoms in total. The van der Waals surface area contributed by atoms with E-state index in [1.54, 1.807) is 0 Å². The highest BCUT2D eigenvalue weighted by Gasteiger charge is 2.16. The third kappa shape index (κ3) is 4.10. The molecule has 0 aromatic heterocycles. The lowest BCUT2D eigenvalue weighted by molar-refractivity contribution is 0.0948. The second kappa shape index (κ2) is 7.58. The van der Waals surface area contributed by atoms with Crippen molar-refractivity contribution in [3.05, 3.63) is 23.5 Å². The Bertz CT molecular complexity index is 438. The van der Waals surface area contributed by atoms with Gasteiger partial charge in [0.15, 0.2) is 11.5 Å². The monoisotopic (exact) mass is 270 g/mol. The minimum absolute atomic E-state index is 0.0644. The number of carbonyl (C=O) groups is 1. The maximum absolute atomic E-state index is 13.8. The summed E-state index contributed by atoms with van der Waals surface area (Å²) in [6.45, 7) is 1.03. The van der Waals surface area contributed by atoms with Crippen molar-refractivity contribution in [3.63, 3.8) is 0 Å². The topological polar surface area (TPSA) is 73.6 Å². The van der Waals surface area contributed by atoms with Crippen LogP contribution < -0.4 is 20.5 Å². The summed E-state index contributed by atoms with van der Waals surface area (Å²) in [4.78, 5) is 11.8. The number of methoxy groups -OCH3 is 2. The van der Waals surface area contributed by atoms with Crippen molar-refractivity contribution in [2.75, 3.05) is 27.3 Å². The van der Waals surface area contributed by atoms with Gasteiger partial charge in [-0.15, -0.1) is 0 Å². The molecular weight excluding hydrogens is 251 g/mol. The van der Waals surface area contributed by atoms with Crippen molar-refractivity contribution in [2.24, 2.45) is 5.73 Å². The van der Waals surface area contributed by atoms with Crippen LogP contribution in [0.15, 0.2) is 12.1 Å². The van der Waals surface area contributed by atoms with Gasteiger partial charge in [-0.3, -0.25) is 4.79 Å². The number of nitrogens with one attached hydrogen (secondary N) is 1. The number of unbranched alkanes of at least 4 members (excludes halogenated alkanes) is 1. The molecule has 3 N–H and O–H groups in total. The summed E-state index contributed by atoms with van der Waals surface area (Å²) in [5.41, 5.74) is 5.28. The second-order valence-electron chi connectivity index (χ2n) is 3.94. The van der Waals surface area contributed by atoms with Crippen LogP contribution in [-0.4, -0.2) is 33.2 Å². The largest absolute Gasteiger partial charge is 0.493 e. The predicted octanol–water partition coefficient (Wildman–Crippen LogP) is 1.31. The minimum Gasteiger partial charge on any atom is -0.493 e. The van der Waals surface area contributed by atoms with E-state index in [2.05, 4.69) is 5.32 Å². The van der Waals surface area contributed by atoms with Crippen LogP contribution in [0.1, 0.15) is 23.2 Å². The van der Waals surface area contributed by atoms with Crippen LogP contribution >= 0.6 is 0 Å². The van der Waals surface area contributed by atoms with E-state index in [4.69, 9.17) is 15.2 Å². The first-order valence-corrected chi connectivity index (χ1v) is 6.03. The van der Waals surface area contributed by atoms with E-state index in [1.807, 2.05) is 0 Å². The molecule has 0 radical (unpaired) electrons. The van der Waals surface area contributed by atoms with Gasteiger partial charge >= 0.3 is 0 Å². The Labute approximate surface area is 111 Å².